The van der Waals surface area contributed by atoms with Gasteiger partial charge in [-0.25, -0.2) is 0 Å². The Labute approximate surface area is 117 Å². The zero-order valence-electron chi connectivity index (χ0n) is 11.3. The summed E-state index contributed by atoms with van der Waals surface area (Å²) in [5.74, 6) is 0.373. The van der Waals surface area contributed by atoms with Crippen molar-refractivity contribution >= 4 is 17.3 Å². The van der Waals surface area contributed by atoms with Crippen LogP contribution in [0.15, 0.2) is 36.4 Å². The molecular formula is C15H16N2O3. The molecule has 0 spiro atoms. The number of ether oxygens (including phenoxy) is 1. The van der Waals surface area contributed by atoms with Gasteiger partial charge in [0.1, 0.15) is 11.5 Å². The van der Waals surface area contributed by atoms with Crippen molar-refractivity contribution < 1.29 is 14.6 Å². The maximum absolute atomic E-state index is 12.1. The quantitative estimate of drug-likeness (QED) is 0.592. The minimum absolute atomic E-state index is 0.00439. The fourth-order valence-electron chi connectivity index (χ4n) is 1.90. The average molecular weight is 272 g/mol. The molecule has 1 amide bonds. The molecule has 2 rings (SSSR count). The molecule has 0 heterocycles. The zero-order valence-corrected chi connectivity index (χ0v) is 11.3. The van der Waals surface area contributed by atoms with Crippen LogP contribution in [0.1, 0.15) is 15.9 Å². The van der Waals surface area contributed by atoms with E-state index in [0.717, 1.165) is 11.3 Å². The number of benzene rings is 2. The number of nitrogens with two attached hydrogens (primary N) is 1. The van der Waals surface area contributed by atoms with E-state index >= 15 is 0 Å². The van der Waals surface area contributed by atoms with Gasteiger partial charge in [0, 0.05) is 11.4 Å². The average Bonchev–Trinajstić information content (AvgIpc) is 2.41. The Morgan fingerprint density at radius 3 is 2.65 bits per heavy atom. The van der Waals surface area contributed by atoms with Crippen LogP contribution < -0.4 is 15.8 Å². The van der Waals surface area contributed by atoms with Crippen LogP contribution in [0.5, 0.6) is 11.5 Å². The van der Waals surface area contributed by atoms with Crippen LogP contribution in [0, 0.1) is 6.92 Å². The molecule has 2 aromatic carbocycles. The molecule has 0 atom stereocenters. The molecule has 5 nitrogen and oxygen atoms in total. The topological polar surface area (TPSA) is 84.6 Å². The number of nitrogen functional groups attached to an aromatic ring is 1. The van der Waals surface area contributed by atoms with Gasteiger partial charge in [-0.05, 0) is 48.9 Å². The van der Waals surface area contributed by atoms with Gasteiger partial charge in [-0.3, -0.25) is 4.79 Å². The molecule has 0 aromatic heterocycles. The zero-order chi connectivity index (χ0) is 14.7. The minimum Gasteiger partial charge on any atom is -0.508 e. The van der Waals surface area contributed by atoms with Crippen molar-refractivity contribution in [2.75, 3.05) is 18.2 Å². The van der Waals surface area contributed by atoms with Crippen molar-refractivity contribution in [1.29, 1.82) is 0 Å². The third-order valence-electron chi connectivity index (χ3n) is 2.93. The lowest BCUT2D eigenvalue weighted by Gasteiger charge is -2.10. The van der Waals surface area contributed by atoms with Crippen molar-refractivity contribution in [2.45, 2.75) is 6.92 Å². The number of hydrogen-bond acceptors (Lipinski definition) is 4. The summed E-state index contributed by atoms with van der Waals surface area (Å²) in [4.78, 5) is 12.1. The van der Waals surface area contributed by atoms with Gasteiger partial charge < -0.3 is 20.9 Å². The second-order valence-electron chi connectivity index (χ2n) is 4.41. The molecule has 20 heavy (non-hydrogen) atoms. The Morgan fingerprint density at radius 1 is 1.25 bits per heavy atom. The highest BCUT2D eigenvalue weighted by Gasteiger charge is 2.11. The van der Waals surface area contributed by atoms with Crippen molar-refractivity contribution in [3.8, 4) is 11.5 Å². The first-order chi connectivity index (χ1) is 9.51. The lowest BCUT2D eigenvalue weighted by atomic mass is 10.1. The molecule has 0 radical (unpaired) electrons. The number of phenols is 1. The Balaban J connectivity index is 2.23. The van der Waals surface area contributed by atoms with E-state index < -0.39 is 0 Å². The minimum atomic E-state index is -0.372. The van der Waals surface area contributed by atoms with Gasteiger partial charge >= 0.3 is 0 Å². The molecule has 5 heteroatoms. The first kappa shape index (κ1) is 13.7. The number of carbonyl (C=O) groups excluding carboxylic acids is 1. The van der Waals surface area contributed by atoms with E-state index in [1.165, 1.54) is 18.2 Å². The molecule has 0 saturated carbocycles. The number of nitrogens with one attached hydrogen (secondary N) is 1. The van der Waals surface area contributed by atoms with Gasteiger partial charge in [-0.2, -0.15) is 0 Å². The highest BCUT2D eigenvalue weighted by Crippen LogP contribution is 2.23. The summed E-state index contributed by atoms with van der Waals surface area (Å²) in [6, 6.07) is 9.57. The number of rotatable bonds is 3. The maximum Gasteiger partial charge on any atom is 0.257 e. The summed E-state index contributed by atoms with van der Waals surface area (Å²) < 4.78 is 5.16. The van der Waals surface area contributed by atoms with Gasteiger partial charge in [0.2, 0.25) is 0 Å². The number of methoxy groups -OCH3 is 1. The van der Waals surface area contributed by atoms with Crippen LogP contribution in [0.25, 0.3) is 0 Å². The SMILES string of the molecule is COc1ccc(NC(=O)c2cc(O)ccc2N)cc1C. The number of amides is 1. The number of aryl methyl sites for hydroxylation is 1. The molecule has 0 bridgehead atoms. The van der Waals surface area contributed by atoms with E-state index in [1.54, 1.807) is 25.3 Å². The fraction of sp³-hybridized carbons (Fsp3) is 0.133. The van der Waals surface area contributed by atoms with E-state index in [1.807, 2.05) is 6.92 Å². The van der Waals surface area contributed by atoms with Crippen LogP contribution in [-0.4, -0.2) is 18.1 Å². The summed E-state index contributed by atoms with van der Waals surface area (Å²) in [5.41, 5.74) is 7.82. The maximum atomic E-state index is 12.1. The van der Waals surface area contributed by atoms with Crippen LogP contribution >= 0.6 is 0 Å². The smallest absolute Gasteiger partial charge is 0.257 e. The lowest BCUT2D eigenvalue weighted by molar-refractivity contribution is 0.102. The second kappa shape index (κ2) is 5.52. The van der Waals surface area contributed by atoms with Gasteiger partial charge in [-0.1, -0.05) is 0 Å². The third-order valence-corrected chi connectivity index (χ3v) is 2.93. The molecule has 0 unspecified atom stereocenters. The Kier molecular flexibility index (Phi) is 3.79. The summed E-state index contributed by atoms with van der Waals surface area (Å²) >= 11 is 0. The number of anilines is 2. The summed E-state index contributed by atoms with van der Waals surface area (Å²) in [6.07, 6.45) is 0. The third kappa shape index (κ3) is 2.83. The number of hydrogen-bond donors (Lipinski definition) is 3. The fourth-order valence-corrected chi connectivity index (χ4v) is 1.90. The largest absolute Gasteiger partial charge is 0.508 e. The normalized spacial score (nSPS) is 10.1. The van der Waals surface area contributed by atoms with E-state index in [4.69, 9.17) is 10.5 Å². The van der Waals surface area contributed by atoms with E-state index in [-0.39, 0.29) is 17.2 Å². The Bertz CT molecular complexity index is 654. The molecule has 0 aliphatic heterocycles. The molecule has 0 fully saturated rings. The number of phenolic OH excluding ortho intramolecular Hbond substituents is 1. The van der Waals surface area contributed by atoms with E-state index in [0.29, 0.717) is 11.4 Å². The Hall–Kier alpha value is -2.69. The summed E-state index contributed by atoms with van der Waals surface area (Å²) in [5, 5.41) is 12.1. The van der Waals surface area contributed by atoms with E-state index in [2.05, 4.69) is 5.32 Å². The summed E-state index contributed by atoms with van der Waals surface area (Å²) in [7, 11) is 1.59. The lowest BCUT2D eigenvalue weighted by Crippen LogP contribution is -2.14. The predicted octanol–water partition coefficient (Wildman–Crippen LogP) is 2.54. The molecular weight excluding hydrogens is 256 g/mol. The Morgan fingerprint density at radius 2 is 2.00 bits per heavy atom. The molecule has 0 aliphatic carbocycles. The van der Waals surface area contributed by atoms with Gasteiger partial charge in [0.05, 0.1) is 12.7 Å². The summed E-state index contributed by atoms with van der Waals surface area (Å²) in [6.45, 7) is 1.89. The van der Waals surface area contributed by atoms with Crippen molar-refractivity contribution in [2.24, 2.45) is 0 Å². The first-order valence-electron chi connectivity index (χ1n) is 6.05. The standard InChI is InChI=1S/C15H16N2O3/c1-9-7-10(3-6-14(9)20-2)17-15(19)12-8-11(18)4-5-13(12)16/h3-8,18H,16H2,1-2H3,(H,17,19). The molecule has 104 valence electrons. The van der Waals surface area contributed by atoms with Crippen LogP contribution in [0.2, 0.25) is 0 Å². The van der Waals surface area contributed by atoms with Gasteiger partial charge in [0.15, 0.2) is 0 Å². The number of carbonyl (C=O) groups is 1. The molecule has 0 saturated heterocycles. The molecule has 0 aliphatic rings. The first-order valence-corrected chi connectivity index (χ1v) is 6.05. The van der Waals surface area contributed by atoms with Gasteiger partial charge in [-0.15, -0.1) is 0 Å². The van der Waals surface area contributed by atoms with Crippen LogP contribution in [-0.2, 0) is 0 Å². The highest BCUT2D eigenvalue weighted by molar-refractivity contribution is 6.08. The number of aromatic hydroxyl groups is 1. The van der Waals surface area contributed by atoms with Crippen molar-refractivity contribution in [3.05, 3.63) is 47.5 Å². The second-order valence-corrected chi connectivity index (χ2v) is 4.41. The van der Waals surface area contributed by atoms with Crippen LogP contribution in [0.3, 0.4) is 0 Å². The van der Waals surface area contributed by atoms with Crippen molar-refractivity contribution in [1.82, 2.24) is 0 Å². The molecule has 2 aromatic rings. The van der Waals surface area contributed by atoms with E-state index in [9.17, 15) is 9.90 Å². The predicted molar refractivity (Wildman–Crippen MR) is 78.2 cm³/mol. The van der Waals surface area contributed by atoms with Gasteiger partial charge in [0.25, 0.3) is 5.91 Å². The molecule has 4 N–H and O–H groups in total. The van der Waals surface area contributed by atoms with Crippen LogP contribution in [0.4, 0.5) is 11.4 Å². The highest BCUT2D eigenvalue weighted by atomic mass is 16.5. The van der Waals surface area contributed by atoms with Crippen molar-refractivity contribution in [3.63, 3.8) is 0 Å². The monoisotopic (exact) mass is 272 g/mol.